The van der Waals surface area contributed by atoms with Crippen LogP contribution in [0.4, 0.5) is 10.2 Å². The molecule has 10 heteroatoms. The van der Waals surface area contributed by atoms with Gasteiger partial charge in [0, 0.05) is 5.02 Å². The van der Waals surface area contributed by atoms with Crippen molar-refractivity contribution in [1.82, 2.24) is 29.5 Å². The molecule has 0 unspecified atom stereocenters. The highest BCUT2D eigenvalue weighted by Gasteiger charge is 2.20. The lowest BCUT2D eigenvalue weighted by Crippen LogP contribution is -2.27. The number of rotatable bonds is 4. The molecule has 0 saturated carbocycles. The number of imidazole rings is 1. The summed E-state index contributed by atoms with van der Waals surface area (Å²) in [5, 5.41) is 3.97. The number of nitrogens with one attached hydrogen (secondary N) is 2. The van der Waals surface area contributed by atoms with Gasteiger partial charge in [-0.25, -0.2) is 24.3 Å². The van der Waals surface area contributed by atoms with Gasteiger partial charge in [-0.1, -0.05) is 11.6 Å². The summed E-state index contributed by atoms with van der Waals surface area (Å²) in [6.07, 6.45) is 2.94. The van der Waals surface area contributed by atoms with E-state index in [1.807, 2.05) is 6.92 Å². The van der Waals surface area contributed by atoms with Crippen molar-refractivity contribution in [1.29, 1.82) is 0 Å². The predicted octanol–water partition coefficient (Wildman–Crippen LogP) is 4.02. The van der Waals surface area contributed by atoms with Crippen LogP contribution in [0.3, 0.4) is 0 Å². The summed E-state index contributed by atoms with van der Waals surface area (Å²) in [7, 11) is 0. The van der Waals surface area contributed by atoms with Crippen LogP contribution in [0.5, 0.6) is 0 Å². The van der Waals surface area contributed by atoms with Gasteiger partial charge in [-0.15, -0.1) is 0 Å². The SMILES string of the molecule is C[C@@H](Nc1ncnc2[nH]cnc12)c1nc2ccc(F)cc2c(=O)n1-c1ccc(Cl)cc1. The van der Waals surface area contributed by atoms with Gasteiger partial charge in [0.25, 0.3) is 5.56 Å². The first kappa shape index (κ1) is 19.1. The topological polar surface area (TPSA) is 101 Å². The largest absolute Gasteiger partial charge is 0.358 e. The molecule has 1 atom stereocenters. The molecule has 31 heavy (non-hydrogen) atoms. The van der Waals surface area contributed by atoms with Crippen molar-refractivity contribution >= 4 is 39.5 Å². The lowest BCUT2D eigenvalue weighted by Gasteiger charge is -2.20. The smallest absolute Gasteiger partial charge is 0.266 e. The lowest BCUT2D eigenvalue weighted by atomic mass is 10.2. The van der Waals surface area contributed by atoms with E-state index in [1.54, 1.807) is 24.3 Å². The second-order valence-corrected chi connectivity index (χ2v) is 7.37. The summed E-state index contributed by atoms with van der Waals surface area (Å²) in [6, 6.07) is 10.3. The Hall–Kier alpha value is -3.85. The summed E-state index contributed by atoms with van der Waals surface area (Å²) in [6.45, 7) is 1.85. The number of aromatic nitrogens is 6. The molecule has 0 saturated heterocycles. The van der Waals surface area contributed by atoms with E-state index >= 15 is 0 Å². The number of hydrogen-bond donors (Lipinski definition) is 2. The number of aromatic amines is 1. The normalized spacial score (nSPS) is 12.4. The Morgan fingerprint density at radius 2 is 1.94 bits per heavy atom. The molecule has 8 nitrogen and oxygen atoms in total. The number of benzene rings is 2. The van der Waals surface area contributed by atoms with Gasteiger partial charge in [0.05, 0.1) is 29.0 Å². The summed E-state index contributed by atoms with van der Waals surface area (Å²) < 4.78 is 15.3. The van der Waals surface area contributed by atoms with E-state index in [9.17, 15) is 9.18 Å². The molecule has 0 aliphatic rings. The van der Waals surface area contributed by atoms with Gasteiger partial charge in [-0.05, 0) is 49.4 Å². The molecule has 3 aromatic heterocycles. The van der Waals surface area contributed by atoms with E-state index in [0.717, 1.165) is 0 Å². The van der Waals surface area contributed by atoms with Crippen LogP contribution in [0.2, 0.25) is 5.02 Å². The van der Waals surface area contributed by atoms with E-state index < -0.39 is 11.9 Å². The second kappa shape index (κ2) is 7.44. The maximum absolute atomic E-state index is 13.8. The first-order valence-corrected chi connectivity index (χ1v) is 9.78. The highest BCUT2D eigenvalue weighted by Crippen LogP contribution is 2.24. The molecule has 0 spiro atoms. The van der Waals surface area contributed by atoms with Crippen LogP contribution in [0, 0.1) is 5.82 Å². The van der Waals surface area contributed by atoms with Crippen LogP contribution >= 0.6 is 11.6 Å². The molecular weight excluding hydrogens is 421 g/mol. The summed E-state index contributed by atoms with van der Waals surface area (Å²) in [5.41, 5.74) is 1.72. The standard InChI is InChI=1S/C21H15ClFN7O/c1-11(28-19-17-18(25-9-24-17)26-10-27-19)20-29-16-7-4-13(23)8-15(16)21(31)30(20)14-5-2-12(22)3-6-14/h2-11H,1H3,(H2,24,25,26,27,28)/t11-/m1/s1. The van der Waals surface area contributed by atoms with Gasteiger partial charge in [0.2, 0.25) is 0 Å². The van der Waals surface area contributed by atoms with Gasteiger partial charge in [0.1, 0.15) is 23.5 Å². The third kappa shape index (κ3) is 3.38. The molecule has 2 N–H and O–H groups in total. The Bertz CT molecular complexity index is 1480. The Labute approximate surface area is 179 Å². The Morgan fingerprint density at radius 1 is 1.13 bits per heavy atom. The van der Waals surface area contributed by atoms with Crippen LogP contribution in [0.1, 0.15) is 18.8 Å². The Balaban J connectivity index is 1.70. The Morgan fingerprint density at radius 3 is 2.74 bits per heavy atom. The maximum atomic E-state index is 13.8. The molecule has 5 rings (SSSR count). The van der Waals surface area contributed by atoms with Crippen molar-refractivity contribution < 1.29 is 4.39 Å². The first-order chi connectivity index (χ1) is 15.0. The zero-order chi connectivity index (χ0) is 21.5. The number of anilines is 1. The van der Waals surface area contributed by atoms with Crippen molar-refractivity contribution in [2.75, 3.05) is 5.32 Å². The number of hydrogen-bond acceptors (Lipinski definition) is 6. The van der Waals surface area contributed by atoms with Crippen molar-refractivity contribution in [3.05, 3.63) is 82.1 Å². The molecule has 0 aliphatic carbocycles. The molecule has 5 aromatic rings. The Kier molecular flexibility index (Phi) is 4.59. The van der Waals surface area contributed by atoms with Gasteiger partial charge in [-0.3, -0.25) is 9.36 Å². The van der Waals surface area contributed by atoms with Crippen LogP contribution in [-0.4, -0.2) is 29.5 Å². The van der Waals surface area contributed by atoms with Gasteiger partial charge < -0.3 is 10.3 Å². The summed E-state index contributed by atoms with van der Waals surface area (Å²) >= 11 is 6.02. The molecule has 0 fully saturated rings. The van der Waals surface area contributed by atoms with Gasteiger partial charge >= 0.3 is 0 Å². The van der Waals surface area contributed by atoms with Crippen molar-refractivity contribution in [3.8, 4) is 5.69 Å². The fourth-order valence-corrected chi connectivity index (χ4v) is 3.57. The van der Waals surface area contributed by atoms with Crippen LogP contribution in [-0.2, 0) is 0 Å². The highest BCUT2D eigenvalue weighted by atomic mass is 35.5. The van der Waals surface area contributed by atoms with E-state index in [0.29, 0.717) is 39.0 Å². The monoisotopic (exact) mass is 435 g/mol. The minimum Gasteiger partial charge on any atom is -0.358 e. The molecular formula is C21H15ClFN7O. The van der Waals surface area contributed by atoms with Gasteiger partial charge in [0.15, 0.2) is 11.5 Å². The molecule has 2 aromatic carbocycles. The number of fused-ring (bicyclic) bond motifs is 2. The molecule has 0 radical (unpaired) electrons. The van der Waals surface area contributed by atoms with Gasteiger partial charge in [-0.2, -0.15) is 0 Å². The third-order valence-corrected chi connectivity index (χ3v) is 5.15. The van der Waals surface area contributed by atoms with E-state index in [4.69, 9.17) is 11.6 Å². The summed E-state index contributed by atoms with van der Waals surface area (Å²) in [5.74, 6) is 0.415. The third-order valence-electron chi connectivity index (χ3n) is 4.90. The van der Waals surface area contributed by atoms with Crippen molar-refractivity contribution in [2.24, 2.45) is 0 Å². The first-order valence-electron chi connectivity index (χ1n) is 9.40. The van der Waals surface area contributed by atoms with Crippen LogP contribution in [0.15, 0.2) is 59.9 Å². The summed E-state index contributed by atoms with van der Waals surface area (Å²) in [4.78, 5) is 33.6. The minimum absolute atomic E-state index is 0.183. The second-order valence-electron chi connectivity index (χ2n) is 6.94. The number of nitrogens with zero attached hydrogens (tertiary/aromatic N) is 5. The fourth-order valence-electron chi connectivity index (χ4n) is 3.45. The predicted molar refractivity (Wildman–Crippen MR) is 116 cm³/mol. The van der Waals surface area contributed by atoms with Crippen LogP contribution in [0.25, 0.3) is 27.8 Å². The quantitative estimate of drug-likeness (QED) is 0.442. The van der Waals surface area contributed by atoms with Crippen molar-refractivity contribution in [3.63, 3.8) is 0 Å². The average Bonchev–Trinajstić information content (AvgIpc) is 3.25. The fraction of sp³-hybridized carbons (Fsp3) is 0.0952. The zero-order valence-corrected chi connectivity index (χ0v) is 16.9. The highest BCUT2D eigenvalue weighted by molar-refractivity contribution is 6.30. The molecule has 0 bridgehead atoms. The lowest BCUT2D eigenvalue weighted by molar-refractivity contribution is 0.629. The molecule has 0 aliphatic heterocycles. The van der Waals surface area contributed by atoms with Crippen molar-refractivity contribution in [2.45, 2.75) is 13.0 Å². The minimum atomic E-state index is -0.505. The zero-order valence-electron chi connectivity index (χ0n) is 16.2. The maximum Gasteiger partial charge on any atom is 0.266 e. The van der Waals surface area contributed by atoms with E-state index in [-0.39, 0.29) is 10.9 Å². The average molecular weight is 436 g/mol. The number of halogens is 2. The van der Waals surface area contributed by atoms with E-state index in [1.165, 1.54) is 35.4 Å². The molecule has 3 heterocycles. The molecule has 0 amide bonds. The number of H-pyrrole nitrogens is 1. The molecule has 154 valence electrons. The van der Waals surface area contributed by atoms with Crippen LogP contribution < -0.4 is 10.9 Å². The van der Waals surface area contributed by atoms with E-state index in [2.05, 4.69) is 30.2 Å².